The zero-order valence-corrected chi connectivity index (χ0v) is 11.9. The van der Waals surface area contributed by atoms with Crippen molar-refractivity contribution in [1.29, 1.82) is 0 Å². The summed E-state index contributed by atoms with van der Waals surface area (Å²) in [5.74, 6) is 2.95. The van der Waals surface area contributed by atoms with Crippen LogP contribution in [0.25, 0.3) is 0 Å². The van der Waals surface area contributed by atoms with E-state index in [1.54, 1.807) is 12.1 Å². The summed E-state index contributed by atoms with van der Waals surface area (Å²) in [4.78, 5) is 0. The van der Waals surface area contributed by atoms with E-state index in [9.17, 15) is 10.2 Å². The Bertz CT molecular complexity index is 617. The molecule has 1 heterocycles. The van der Waals surface area contributed by atoms with E-state index in [2.05, 4.69) is 6.08 Å². The van der Waals surface area contributed by atoms with Gasteiger partial charge in [-0.3, -0.25) is 0 Å². The highest BCUT2D eigenvalue weighted by molar-refractivity contribution is 5.45. The van der Waals surface area contributed by atoms with Gasteiger partial charge >= 0.3 is 0 Å². The molecule has 21 heavy (non-hydrogen) atoms. The first kappa shape index (κ1) is 12.8. The fraction of sp³-hybridized carbons (Fsp3) is 0.444. The lowest BCUT2D eigenvalue weighted by Gasteiger charge is -2.39. The number of ether oxygens (including phenoxy) is 1. The minimum atomic E-state index is 0.176. The van der Waals surface area contributed by atoms with Gasteiger partial charge in [0.2, 0.25) is 0 Å². The summed E-state index contributed by atoms with van der Waals surface area (Å²) in [5.41, 5.74) is 1.17. The van der Waals surface area contributed by atoms with Gasteiger partial charge in [0.25, 0.3) is 0 Å². The molecule has 0 saturated heterocycles. The zero-order chi connectivity index (χ0) is 14.4. The van der Waals surface area contributed by atoms with Gasteiger partial charge in [-0.05, 0) is 55.5 Å². The van der Waals surface area contributed by atoms with Crippen molar-refractivity contribution in [1.82, 2.24) is 0 Å². The third-order valence-electron chi connectivity index (χ3n) is 5.18. The monoisotopic (exact) mass is 284 g/mol. The second kappa shape index (κ2) is 4.83. The Balaban J connectivity index is 1.68. The van der Waals surface area contributed by atoms with Gasteiger partial charge in [-0.2, -0.15) is 0 Å². The minimum Gasteiger partial charge on any atom is -0.508 e. The first-order valence-corrected chi connectivity index (χ1v) is 7.79. The number of aliphatic hydroxyl groups is 1. The molecule has 1 aliphatic heterocycles. The molecule has 0 spiro atoms. The quantitative estimate of drug-likeness (QED) is 0.817. The van der Waals surface area contributed by atoms with Gasteiger partial charge in [0.15, 0.2) is 0 Å². The van der Waals surface area contributed by atoms with Crippen molar-refractivity contribution < 1.29 is 14.9 Å². The van der Waals surface area contributed by atoms with E-state index in [4.69, 9.17) is 4.74 Å². The summed E-state index contributed by atoms with van der Waals surface area (Å²) in [5, 5.41) is 19.3. The minimum absolute atomic E-state index is 0.176. The van der Waals surface area contributed by atoms with Gasteiger partial charge in [0.05, 0.1) is 0 Å². The molecule has 4 rings (SSSR count). The molecule has 1 aromatic rings. The Morgan fingerprint density at radius 3 is 2.86 bits per heavy atom. The number of fused-ring (bicyclic) bond motifs is 3. The van der Waals surface area contributed by atoms with Crippen LogP contribution in [0.5, 0.6) is 11.5 Å². The molecular weight excluding hydrogens is 264 g/mol. The maximum absolute atomic E-state index is 9.75. The smallest absolute Gasteiger partial charge is 0.123 e. The highest BCUT2D eigenvalue weighted by Gasteiger charge is 2.43. The van der Waals surface area contributed by atoms with Crippen LogP contribution in [0.4, 0.5) is 0 Å². The summed E-state index contributed by atoms with van der Waals surface area (Å²) in [6.45, 7) is 0. The third-order valence-corrected chi connectivity index (χ3v) is 5.18. The van der Waals surface area contributed by atoms with Crippen LogP contribution in [0, 0.1) is 11.8 Å². The summed E-state index contributed by atoms with van der Waals surface area (Å²) in [6, 6.07) is 5.47. The molecule has 2 N–H and O–H groups in total. The lowest BCUT2D eigenvalue weighted by atomic mass is 9.76. The molecule has 3 nitrogen and oxygen atoms in total. The zero-order valence-electron chi connectivity index (χ0n) is 11.9. The molecule has 110 valence electrons. The van der Waals surface area contributed by atoms with Crippen LogP contribution in [0.15, 0.2) is 42.2 Å². The van der Waals surface area contributed by atoms with Crippen molar-refractivity contribution in [3.63, 3.8) is 0 Å². The van der Waals surface area contributed by atoms with E-state index in [0.29, 0.717) is 29.3 Å². The number of hydrogen-bond acceptors (Lipinski definition) is 3. The van der Waals surface area contributed by atoms with E-state index in [-0.39, 0.29) is 6.10 Å². The molecule has 1 aromatic carbocycles. The molecule has 3 aliphatic rings. The van der Waals surface area contributed by atoms with E-state index in [1.807, 2.05) is 18.2 Å². The van der Waals surface area contributed by atoms with E-state index < -0.39 is 0 Å². The molecule has 1 unspecified atom stereocenters. The summed E-state index contributed by atoms with van der Waals surface area (Å²) in [7, 11) is 0. The SMILES string of the molecule is OC1=CCC([C@@H]2Oc3ccc(O)cc3[C@H]3CCC[C@H]32)C=C1. The van der Waals surface area contributed by atoms with E-state index >= 15 is 0 Å². The van der Waals surface area contributed by atoms with Crippen LogP contribution in [-0.4, -0.2) is 16.3 Å². The molecule has 1 fully saturated rings. The number of allylic oxidation sites excluding steroid dienone is 2. The Labute approximate surface area is 124 Å². The number of aliphatic hydroxyl groups excluding tert-OH is 1. The Morgan fingerprint density at radius 1 is 1.14 bits per heavy atom. The van der Waals surface area contributed by atoms with Crippen molar-refractivity contribution >= 4 is 0 Å². The number of phenolic OH excluding ortho intramolecular Hbond substituents is 1. The van der Waals surface area contributed by atoms with Crippen LogP contribution in [0.3, 0.4) is 0 Å². The molecule has 4 atom stereocenters. The Hall–Kier alpha value is -1.90. The average Bonchev–Trinajstić information content (AvgIpc) is 2.97. The van der Waals surface area contributed by atoms with Crippen molar-refractivity contribution in [3.05, 3.63) is 47.7 Å². The first-order valence-electron chi connectivity index (χ1n) is 7.79. The third kappa shape index (κ3) is 2.11. The molecule has 0 bridgehead atoms. The number of rotatable bonds is 1. The van der Waals surface area contributed by atoms with Crippen LogP contribution in [0.1, 0.15) is 37.2 Å². The highest BCUT2D eigenvalue weighted by atomic mass is 16.5. The summed E-state index contributed by atoms with van der Waals surface area (Å²) >= 11 is 0. The van der Waals surface area contributed by atoms with Gasteiger partial charge in [-0.15, -0.1) is 0 Å². The van der Waals surface area contributed by atoms with E-state index in [0.717, 1.165) is 12.2 Å². The molecule has 0 radical (unpaired) electrons. The van der Waals surface area contributed by atoms with Crippen LogP contribution in [-0.2, 0) is 0 Å². The average molecular weight is 284 g/mol. The van der Waals surface area contributed by atoms with Crippen LogP contribution in [0.2, 0.25) is 0 Å². The van der Waals surface area contributed by atoms with Gasteiger partial charge < -0.3 is 14.9 Å². The standard InChI is InChI=1S/C18H20O3/c19-12-6-4-11(5-7-12)18-15-3-1-2-14(15)16-10-13(20)8-9-17(16)21-18/h4,6-11,14-15,18-20H,1-3,5H2/t11?,14-,15+,18-/m0/s1. The molecule has 0 aromatic heterocycles. The molecule has 2 aliphatic carbocycles. The van der Waals surface area contributed by atoms with E-state index in [1.165, 1.54) is 24.8 Å². The van der Waals surface area contributed by atoms with Gasteiger partial charge in [-0.25, -0.2) is 0 Å². The number of phenols is 1. The highest BCUT2D eigenvalue weighted by Crippen LogP contribution is 2.52. The van der Waals surface area contributed by atoms with Crippen molar-refractivity contribution in [2.45, 2.75) is 37.7 Å². The topological polar surface area (TPSA) is 49.7 Å². The number of hydrogen-bond donors (Lipinski definition) is 2. The van der Waals surface area contributed by atoms with Gasteiger partial charge in [0, 0.05) is 17.4 Å². The van der Waals surface area contributed by atoms with Gasteiger partial charge in [0.1, 0.15) is 23.4 Å². The predicted molar refractivity (Wildman–Crippen MR) is 80.6 cm³/mol. The maximum Gasteiger partial charge on any atom is 0.123 e. The predicted octanol–water partition coefficient (Wildman–Crippen LogP) is 4.05. The van der Waals surface area contributed by atoms with Crippen LogP contribution < -0.4 is 4.74 Å². The Kier molecular flexibility index (Phi) is 2.95. The molecular formula is C18H20O3. The van der Waals surface area contributed by atoms with Crippen molar-refractivity contribution in [3.8, 4) is 11.5 Å². The molecule has 1 saturated carbocycles. The lowest BCUT2D eigenvalue weighted by Crippen LogP contribution is -2.39. The summed E-state index contributed by atoms with van der Waals surface area (Å²) < 4.78 is 6.30. The normalized spacial score (nSPS) is 33.8. The largest absolute Gasteiger partial charge is 0.508 e. The lowest BCUT2D eigenvalue weighted by molar-refractivity contribution is 0.0676. The summed E-state index contributed by atoms with van der Waals surface area (Å²) in [6.07, 6.45) is 10.4. The fourth-order valence-electron chi connectivity index (χ4n) is 4.21. The Morgan fingerprint density at radius 2 is 2.05 bits per heavy atom. The second-order valence-corrected chi connectivity index (χ2v) is 6.39. The van der Waals surface area contributed by atoms with Crippen LogP contribution >= 0.6 is 0 Å². The fourth-order valence-corrected chi connectivity index (χ4v) is 4.21. The first-order chi connectivity index (χ1) is 10.2. The number of aromatic hydroxyl groups is 1. The second-order valence-electron chi connectivity index (χ2n) is 6.39. The maximum atomic E-state index is 9.75. The van der Waals surface area contributed by atoms with Gasteiger partial charge in [-0.1, -0.05) is 12.5 Å². The van der Waals surface area contributed by atoms with Crippen molar-refractivity contribution in [2.75, 3.05) is 0 Å². The molecule has 3 heteroatoms. The molecule has 0 amide bonds. The van der Waals surface area contributed by atoms with Crippen molar-refractivity contribution in [2.24, 2.45) is 11.8 Å². The number of benzene rings is 1.